The SMILES string of the molecule is CC(=O)OC(Cc1ccc(OCc2ccccc2)cc1)NC(=O)[C@H](Cc1ccccc1)NC(=O)OC(C)(C)C. The van der Waals surface area contributed by atoms with Crippen molar-refractivity contribution in [3.05, 3.63) is 102 Å². The van der Waals surface area contributed by atoms with Gasteiger partial charge in [-0.1, -0.05) is 72.8 Å². The number of hydrogen-bond acceptors (Lipinski definition) is 6. The van der Waals surface area contributed by atoms with E-state index in [9.17, 15) is 14.4 Å². The molecule has 2 N–H and O–H groups in total. The van der Waals surface area contributed by atoms with Crippen LogP contribution in [0.3, 0.4) is 0 Å². The first-order chi connectivity index (χ1) is 18.6. The van der Waals surface area contributed by atoms with Gasteiger partial charge in [-0.15, -0.1) is 0 Å². The van der Waals surface area contributed by atoms with E-state index >= 15 is 0 Å². The summed E-state index contributed by atoms with van der Waals surface area (Å²) >= 11 is 0. The second kappa shape index (κ2) is 14.0. The van der Waals surface area contributed by atoms with Crippen LogP contribution in [0.2, 0.25) is 0 Å². The predicted molar refractivity (Wildman–Crippen MR) is 148 cm³/mol. The van der Waals surface area contributed by atoms with Crippen molar-refractivity contribution in [2.75, 3.05) is 0 Å². The van der Waals surface area contributed by atoms with Crippen molar-refractivity contribution in [3.8, 4) is 5.75 Å². The summed E-state index contributed by atoms with van der Waals surface area (Å²) in [7, 11) is 0. The van der Waals surface area contributed by atoms with E-state index in [-0.39, 0.29) is 12.8 Å². The van der Waals surface area contributed by atoms with Gasteiger partial charge >= 0.3 is 12.1 Å². The maximum absolute atomic E-state index is 13.3. The van der Waals surface area contributed by atoms with Crippen LogP contribution >= 0.6 is 0 Å². The molecule has 0 heterocycles. The molecular formula is C31H36N2O6. The molecule has 0 aliphatic rings. The van der Waals surface area contributed by atoms with Crippen LogP contribution in [0.4, 0.5) is 4.79 Å². The smallest absolute Gasteiger partial charge is 0.408 e. The number of nitrogens with one attached hydrogen (secondary N) is 2. The van der Waals surface area contributed by atoms with Gasteiger partial charge in [-0.05, 0) is 49.6 Å². The highest BCUT2D eigenvalue weighted by Gasteiger charge is 2.27. The fraction of sp³-hybridized carbons (Fsp3) is 0.323. The van der Waals surface area contributed by atoms with E-state index in [0.717, 1.165) is 16.7 Å². The molecule has 2 amide bonds. The number of carbonyl (C=O) groups excluding carboxylic acids is 3. The third kappa shape index (κ3) is 10.9. The average molecular weight is 533 g/mol. The Balaban J connectivity index is 1.67. The lowest BCUT2D eigenvalue weighted by atomic mass is 10.0. The molecule has 0 saturated heterocycles. The third-order valence-corrected chi connectivity index (χ3v) is 5.49. The molecule has 0 saturated carbocycles. The van der Waals surface area contributed by atoms with Crippen LogP contribution in [-0.2, 0) is 38.5 Å². The lowest BCUT2D eigenvalue weighted by molar-refractivity contribution is -0.149. The Bertz CT molecular complexity index is 1210. The molecule has 0 aromatic heterocycles. The van der Waals surface area contributed by atoms with Crippen LogP contribution in [0, 0.1) is 0 Å². The molecule has 206 valence electrons. The van der Waals surface area contributed by atoms with E-state index in [0.29, 0.717) is 12.4 Å². The van der Waals surface area contributed by atoms with Crippen LogP contribution in [0.5, 0.6) is 5.75 Å². The number of carbonyl (C=O) groups is 3. The Hall–Kier alpha value is -4.33. The minimum atomic E-state index is -0.950. The second-order valence-electron chi connectivity index (χ2n) is 10.1. The van der Waals surface area contributed by atoms with E-state index in [4.69, 9.17) is 14.2 Å². The zero-order chi connectivity index (χ0) is 28.3. The Morgan fingerprint density at radius 2 is 1.31 bits per heavy atom. The normalized spacial score (nSPS) is 12.5. The average Bonchev–Trinajstić information content (AvgIpc) is 2.87. The zero-order valence-corrected chi connectivity index (χ0v) is 22.8. The minimum absolute atomic E-state index is 0.228. The number of alkyl carbamates (subject to hydrolysis) is 1. The van der Waals surface area contributed by atoms with Gasteiger partial charge in [0.2, 0.25) is 5.91 Å². The van der Waals surface area contributed by atoms with Crippen LogP contribution in [0.15, 0.2) is 84.9 Å². The van der Waals surface area contributed by atoms with Crippen molar-refractivity contribution in [3.63, 3.8) is 0 Å². The molecule has 0 aliphatic heterocycles. The Morgan fingerprint density at radius 3 is 1.87 bits per heavy atom. The van der Waals surface area contributed by atoms with E-state index in [1.807, 2.05) is 84.9 Å². The van der Waals surface area contributed by atoms with E-state index in [1.54, 1.807) is 20.8 Å². The van der Waals surface area contributed by atoms with Gasteiger partial charge in [0.05, 0.1) is 0 Å². The first kappa shape index (κ1) is 29.2. The first-order valence-electron chi connectivity index (χ1n) is 12.8. The summed E-state index contributed by atoms with van der Waals surface area (Å²) in [6.07, 6.45) is -1.19. The van der Waals surface area contributed by atoms with Crippen LogP contribution in [0.25, 0.3) is 0 Å². The van der Waals surface area contributed by atoms with Gasteiger partial charge in [0, 0.05) is 19.8 Å². The highest BCUT2D eigenvalue weighted by atomic mass is 16.6. The van der Waals surface area contributed by atoms with Crippen LogP contribution in [0.1, 0.15) is 44.4 Å². The molecule has 1 unspecified atom stereocenters. The molecule has 8 heteroatoms. The monoisotopic (exact) mass is 532 g/mol. The molecule has 0 bridgehead atoms. The molecular weight excluding hydrogens is 496 g/mol. The predicted octanol–water partition coefficient (Wildman–Crippen LogP) is 4.95. The second-order valence-corrected chi connectivity index (χ2v) is 10.1. The van der Waals surface area contributed by atoms with Gasteiger partial charge in [0.15, 0.2) is 6.23 Å². The standard InChI is InChI=1S/C31H36N2O6/c1-22(34)38-28(20-24-15-17-26(18-16-24)37-21-25-13-9-6-10-14-25)33-29(35)27(19-23-11-7-5-8-12-23)32-30(36)39-31(2,3)4/h5-18,27-28H,19-21H2,1-4H3,(H,32,36)(H,33,35)/t27-,28?/m0/s1. The quantitative estimate of drug-likeness (QED) is 0.268. The fourth-order valence-electron chi connectivity index (χ4n) is 3.77. The van der Waals surface area contributed by atoms with Crippen molar-refractivity contribution < 1.29 is 28.6 Å². The Morgan fingerprint density at radius 1 is 0.744 bits per heavy atom. The Kier molecular flexibility index (Phi) is 10.5. The van der Waals surface area contributed by atoms with Crippen molar-refractivity contribution in [1.82, 2.24) is 10.6 Å². The molecule has 0 fully saturated rings. The van der Waals surface area contributed by atoms with Gasteiger partial charge in [-0.3, -0.25) is 9.59 Å². The molecule has 3 rings (SSSR count). The summed E-state index contributed by atoms with van der Waals surface area (Å²) < 4.78 is 16.6. The first-order valence-corrected chi connectivity index (χ1v) is 12.8. The summed E-state index contributed by atoms with van der Waals surface area (Å²) in [5, 5.41) is 5.41. The lowest BCUT2D eigenvalue weighted by Crippen LogP contribution is -2.52. The van der Waals surface area contributed by atoms with E-state index in [2.05, 4.69) is 10.6 Å². The summed E-state index contributed by atoms with van der Waals surface area (Å²) in [6, 6.07) is 25.6. The molecule has 3 aromatic carbocycles. The van der Waals surface area contributed by atoms with Crippen molar-refractivity contribution in [2.24, 2.45) is 0 Å². The van der Waals surface area contributed by atoms with E-state index in [1.165, 1.54) is 6.92 Å². The van der Waals surface area contributed by atoms with Crippen LogP contribution < -0.4 is 15.4 Å². The minimum Gasteiger partial charge on any atom is -0.489 e. The van der Waals surface area contributed by atoms with Crippen LogP contribution in [-0.4, -0.2) is 35.8 Å². The molecule has 0 spiro atoms. The molecule has 3 aromatic rings. The van der Waals surface area contributed by atoms with Crippen molar-refractivity contribution in [1.29, 1.82) is 0 Å². The molecule has 39 heavy (non-hydrogen) atoms. The van der Waals surface area contributed by atoms with Gasteiger partial charge in [0.1, 0.15) is 24.0 Å². The lowest BCUT2D eigenvalue weighted by Gasteiger charge is -2.25. The Labute approximate surface area is 229 Å². The van der Waals surface area contributed by atoms with Crippen molar-refractivity contribution in [2.45, 2.75) is 65.0 Å². The van der Waals surface area contributed by atoms with Gasteiger partial charge in [-0.2, -0.15) is 0 Å². The van der Waals surface area contributed by atoms with E-state index < -0.39 is 35.8 Å². The topological polar surface area (TPSA) is 103 Å². The summed E-state index contributed by atoms with van der Waals surface area (Å²) in [4.78, 5) is 37.6. The highest BCUT2D eigenvalue weighted by Crippen LogP contribution is 2.16. The number of esters is 1. The number of ether oxygens (including phenoxy) is 3. The largest absolute Gasteiger partial charge is 0.489 e. The zero-order valence-electron chi connectivity index (χ0n) is 22.8. The maximum atomic E-state index is 13.3. The van der Waals surface area contributed by atoms with Gasteiger partial charge in [0.25, 0.3) is 0 Å². The summed E-state index contributed by atoms with van der Waals surface area (Å²) in [5.74, 6) is -0.346. The molecule has 2 atom stereocenters. The number of amides is 2. The molecule has 0 radical (unpaired) electrons. The highest BCUT2D eigenvalue weighted by molar-refractivity contribution is 5.86. The molecule has 0 aliphatic carbocycles. The van der Waals surface area contributed by atoms with Crippen molar-refractivity contribution >= 4 is 18.0 Å². The van der Waals surface area contributed by atoms with Gasteiger partial charge < -0.3 is 24.8 Å². The number of hydrogen-bond donors (Lipinski definition) is 2. The fourth-order valence-corrected chi connectivity index (χ4v) is 3.77. The number of rotatable bonds is 11. The summed E-state index contributed by atoms with van der Waals surface area (Å²) in [6.45, 7) is 6.95. The maximum Gasteiger partial charge on any atom is 0.408 e. The third-order valence-electron chi connectivity index (χ3n) is 5.49. The molecule has 8 nitrogen and oxygen atoms in total. The van der Waals surface area contributed by atoms with Gasteiger partial charge in [-0.25, -0.2) is 4.79 Å². The number of benzene rings is 3. The summed E-state index contributed by atoms with van der Waals surface area (Å²) in [5.41, 5.74) is 2.01.